The lowest BCUT2D eigenvalue weighted by molar-refractivity contribution is 0.102. The number of hydrogen-bond acceptors (Lipinski definition) is 4. The Balaban J connectivity index is 2.02. The maximum absolute atomic E-state index is 12.4. The lowest BCUT2D eigenvalue weighted by atomic mass is 10.1. The molecule has 3 N–H and O–H groups in total. The molecular formula is C17H15N3O3S. The van der Waals surface area contributed by atoms with E-state index in [1.807, 2.05) is 6.92 Å². The zero-order chi connectivity index (χ0) is 17.3. The number of anilines is 1. The summed E-state index contributed by atoms with van der Waals surface area (Å²) in [6.45, 7) is 2.31. The smallest absolute Gasteiger partial charge is 0.262 e. The lowest BCUT2D eigenvalue weighted by Gasteiger charge is -2.09. The topological polar surface area (TPSA) is 87.1 Å². The molecule has 6 nitrogen and oxygen atoms in total. The van der Waals surface area contributed by atoms with Crippen LogP contribution in [0.5, 0.6) is 5.75 Å². The standard InChI is InChI=1S/C17H15N3O3S/c1-2-20-16(23)11-8-7-10(9-13(11)19-17(20)24)15(22)18-12-5-3-4-6-14(12)21/h3-9,21H,2H2,1H3,(H,18,22)(H,19,24). The summed E-state index contributed by atoms with van der Waals surface area (Å²) in [5.74, 6) is -0.408. The second-order valence-electron chi connectivity index (χ2n) is 5.21. The first-order valence-electron chi connectivity index (χ1n) is 7.37. The average Bonchev–Trinajstić information content (AvgIpc) is 2.56. The quantitative estimate of drug-likeness (QED) is 0.505. The Morgan fingerprint density at radius 2 is 2.04 bits per heavy atom. The number of carbonyl (C=O) groups excluding carboxylic acids is 1. The molecular weight excluding hydrogens is 326 g/mol. The second-order valence-corrected chi connectivity index (χ2v) is 5.60. The van der Waals surface area contributed by atoms with E-state index >= 15 is 0 Å². The number of phenols is 1. The van der Waals surface area contributed by atoms with Crippen LogP contribution in [0.15, 0.2) is 47.3 Å². The number of para-hydroxylation sites is 2. The normalized spacial score (nSPS) is 10.7. The highest BCUT2D eigenvalue weighted by atomic mass is 32.1. The molecule has 0 spiro atoms. The molecule has 3 aromatic rings. The highest BCUT2D eigenvalue weighted by Gasteiger charge is 2.11. The van der Waals surface area contributed by atoms with Crippen molar-refractivity contribution in [2.24, 2.45) is 0 Å². The number of H-pyrrole nitrogens is 1. The van der Waals surface area contributed by atoms with Crippen LogP contribution in [0.1, 0.15) is 17.3 Å². The molecule has 1 aromatic heterocycles. The Hall–Kier alpha value is -2.93. The van der Waals surface area contributed by atoms with Gasteiger partial charge in [-0.2, -0.15) is 0 Å². The Kier molecular flexibility index (Phi) is 4.18. The van der Waals surface area contributed by atoms with Crippen LogP contribution in [0.3, 0.4) is 0 Å². The molecule has 7 heteroatoms. The Morgan fingerprint density at radius 1 is 1.29 bits per heavy atom. The summed E-state index contributed by atoms with van der Waals surface area (Å²) in [4.78, 5) is 27.7. The zero-order valence-corrected chi connectivity index (χ0v) is 13.7. The first kappa shape index (κ1) is 15.9. The third-order valence-corrected chi connectivity index (χ3v) is 4.03. The van der Waals surface area contributed by atoms with E-state index < -0.39 is 5.91 Å². The number of fused-ring (bicyclic) bond motifs is 1. The fraction of sp³-hybridized carbons (Fsp3) is 0.118. The number of rotatable bonds is 3. The lowest BCUT2D eigenvalue weighted by Crippen LogP contribution is -2.21. The molecule has 3 rings (SSSR count). The summed E-state index contributed by atoms with van der Waals surface area (Å²) >= 11 is 5.17. The van der Waals surface area contributed by atoms with Crippen molar-refractivity contribution in [1.82, 2.24) is 9.55 Å². The van der Waals surface area contributed by atoms with E-state index in [2.05, 4.69) is 10.3 Å². The third-order valence-electron chi connectivity index (χ3n) is 3.71. The largest absolute Gasteiger partial charge is 0.506 e. The number of aromatic amines is 1. The summed E-state index contributed by atoms with van der Waals surface area (Å²) in [6.07, 6.45) is 0. The molecule has 0 atom stereocenters. The van der Waals surface area contributed by atoms with Gasteiger partial charge in [0.05, 0.1) is 16.6 Å². The van der Waals surface area contributed by atoms with Crippen LogP contribution in [0.2, 0.25) is 0 Å². The number of aromatic hydroxyl groups is 1. The van der Waals surface area contributed by atoms with Crippen LogP contribution in [-0.2, 0) is 6.54 Å². The van der Waals surface area contributed by atoms with E-state index in [4.69, 9.17) is 12.2 Å². The highest BCUT2D eigenvalue weighted by Crippen LogP contribution is 2.22. The van der Waals surface area contributed by atoms with Crippen molar-refractivity contribution in [3.8, 4) is 5.75 Å². The second kappa shape index (κ2) is 6.29. The summed E-state index contributed by atoms with van der Waals surface area (Å²) in [7, 11) is 0. The third kappa shape index (κ3) is 2.81. The van der Waals surface area contributed by atoms with Crippen molar-refractivity contribution < 1.29 is 9.90 Å². The van der Waals surface area contributed by atoms with Crippen molar-refractivity contribution in [3.63, 3.8) is 0 Å². The van der Waals surface area contributed by atoms with Gasteiger partial charge in [0, 0.05) is 12.1 Å². The summed E-state index contributed by atoms with van der Waals surface area (Å²) in [5, 5.41) is 12.8. The summed E-state index contributed by atoms with van der Waals surface area (Å²) < 4.78 is 1.77. The Labute approximate surface area is 142 Å². The minimum absolute atomic E-state index is 0.0168. The molecule has 122 valence electrons. The molecule has 0 aliphatic heterocycles. The van der Waals surface area contributed by atoms with Crippen molar-refractivity contribution in [2.75, 3.05) is 5.32 Å². The van der Waals surface area contributed by atoms with E-state index in [0.717, 1.165) is 0 Å². The van der Waals surface area contributed by atoms with Gasteiger partial charge in [-0.25, -0.2) is 0 Å². The van der Waals surface area contributed by atoms with E-state index in [9.17, 15) is 14.7 Å². The van der Waals surface area contributed by atoms with Gasteiger partial charge in [-0.3, -0.25) is 14.2 Å². The molecule has 1 heterocycles. The maximum Gasteiger partial charge on any atom is 0.262 e. The number of hydrogen-bond donors (Lipinski definition) is 3. The predicted octanol–water partition coefficient (Wildman–Crippen LogP) is 3.04. The van der Waals surface area contributed by atoms with Crippen LogP contribution >= 0.6 is 12.2 Å². The van der Waals surface area contributed by atoms with Gasteiger partial charge in [-0.15, -0.1) is 0 Å². The molecule has 0 fully saturated rings. The van der Waals surface area contributed by atoms with Gasteiger partial charge >= 0.3 is 0 Å². The molecule has 2 aromatic carbocycles. The summed E-state index contributed by atoms with van der Waals surface area (Å²) in [5.41, 5.74) is 0.977. The van der Waals surface area contributed by atoms with Gasteiger partial charge in [-0.05, 0) is 49.5 Å². The number of amides is 1. The molecule has 0 unspecified atom stereocenters. The van der Waals surface area contributed by atoms with Gasteiger partial charge in [0.15, 0.2) is 4.77 Å². The molecule has 0 saturated heterocycles. The fourth-order valence-electron chi connectivity index (χ4n) is 2.46. The van der Waals surface area contributed by atoms with Crippen LogP contribution in [-0.4, -0.2) is 20.6 Å². The molecule has 24 heavy (non-hydrogen) atoms. The van der Waals surface area contributed by atoms with E-state index in [1.54, 1.807) is 36.4 Å². The van der Waals surface area contributed by atoms with Crippen LogP contribution in [0.4, 0.5) is 5.69 Å². The van der Waals surface area contributed by atoms with E-state index in [-0.39, 0.29) is 11.3 Å². The van der Waals surface area contributed by atoms with E-state index in [1.165, 1.54) is 10.6 Å². The first-order chi connectivity index (χ1) is 11.5. The van der Waals surface area contributed by atoms with Crippen molar-refractivity contribution in [2.45, 2.75) is 13.5 Å². The van der Waals surface area contributed by atoms with Gasteiger partial charge in [0.2, 0.25) is 0 Å². The van der Waals surface area contributed by atoms with Crippen LogP contribution in [0, 0.1) is 4.77 Å². The SMILES string of the molecule is CCn1c(=S)[nH]c2cc(C(=O)Nc3ccccc3O)ccc2c1=O. The molecule has 0 bridgehead atoms. The Morgan fingerprint density at radius 3 is 2.75 bits per heavy atom. The fourth-order valence-corrected chi connectivity index (χ4v) is 2.78. The minimum Gasteiger partial charge on any atom is -0.506 e. The highest BCUT2D eigenvalue weighted by molar-refractivity contribution is 7.71. The number of aromatic nitrogens is 2. The molecule has 0 radical (unpaired) electrons. The first-order valence-corrected chi connectivity index (χ1v) is 7.78. The van der Waals surface area contributed by atoms with Gasteiger partial charge in [0.25, 0.3) is 11.5 Å². The number of phenolic OH excluding ortho intramolecular Hbond substituents is 1. The van der Waals surface area contributed by atoms with Crippen molar-refractivity contribution in [1.29, 1.82) is 0 Å². The molecule has 0 aliphatic carbocycles. The number of nitrogens with one attached hydrogen (secondary N) is 2. The van der Waals surface area contributed by atoms with Gasteiger partial charge < -0.3 is 15.4 Å². The van der Waals surface area contributed by atoms with E-state index in [0.29, 0.717) is 33.5 Å². The average molecular weight is 341 g/mol. The number of nitrogens with zero attached hydrogens (tertiary/aromatic N) is 1. The predicted molar refractivity (Wildman–Crippen MR) is 95.1 cm³/mol. The van der Waals surface area contributed by atoms with Gasteiger partial charge in [0.1, 0.15) is 5.75 Å². The monoisotopic (exact) mass is 341 g/mol. The Bertz CT molecular complexity index is 1050. The molecule has 0 saturated carbocycles. The zero-order valence-electron chi connectivity index (χ0n) is 12.9. The van der Waals surface area contributed by atoms with Gasteiger partial charge in [-0.1, -0.05) is 12.1 Å². The van der Waals surface area contributed by atoms with Crippen molar-refractivity contribution in [3.05, 3.63) is 63.2 Å². The number of benzene rings is 2. The van der Waals surface area contributed by atoms with Crippen LogP contribution in [0.25, 0.3) is 10.9 Å². The minimum atomic E-state index is -0.391. The van der Waals surface area contributed by atoms with Crippen LogP contribution < -0.4 is 10.9 Å². The summed E-state index contributed by atoms with van der Waals surface area (Å²) in [6, 6.07) is 11.2. The number of carbonyl (C=O) groups is 1. The maximum atomic E-state index is 12.4. The van der Waals surface area contributed by atoms with Crippen molar-refractivity contribution >= 4 is 34.7 Å². The molecule has 1 amide bonds. The molecule has 0 aliphatic rings.